The molecule has 0 heterocycles. The Balaban J connectivity index is 1.77. The number of aliphatic hydroxyl groups is 1. The Morgan fingerprint density at radius 1 is 1.28 bits per heavy atom. The molecule has 0 aromatic heterocycles. The fourth-order valence-electron chi connectivity index (χ4n) is 2.33. The second-order valence-electron chi connectivity index (χ2n) is 5.14. The Hall–Kier alpha value is -1.13. The smallest absolute Gasteiger partial charge is 0.123 e. The standard InChI is InChI=1S/C14H20FNO2/c15-12-1-3-13(4-2-12)18-9-11-5-7-14(17,10-16)8-6-11/h1-4,11,17H,5-10,16H2/t11-,14-. The number of rotatable bonds is 4. The van der Waals surface area contributed by atoms with Crippen LogP contribution in [-0.2, 0) is 0 Å². The second-order valence-corrected chi connectivity index (χ2v) is 5.14. The van der Waals surface area contributed by atoms with Gasteiger partial charge in [0.2, 0.25) is 0 Å². The molecule has 0 unspecified atom stereocenters. The summed E-state index contributed by atoms with van der Waals surface area (Å²) < 4.78 is 18.3. The van der Waals surface area contributed by atoms with Crippen LogP contribution in [0.1, 0.15) is 25.7 Å². The van der Waals surface area contributed by atoms with Crippen molar-refractivity contribution in [2.75, 3.05) is 13.2 Å². The first-order valence-electron chi connectivity index (χ1n) is 6.42. The van der Waals surface area contributed by atoms with E-state index in [1.54, 1.807) is 12.1 Å². The molecule has 0 amide bonds. The molecule has 0 atom stereocenters. The predicted octanol–water partition coefficient (Wildman–Crippen LogP) is 2.08. The van der Waals surface area contributed by atoms with Crippen molar-refractivity contribution in [1.29, 1.82) is 0 Å². The average Bonchev–Trinajstić information content (AvgIpc) is 2.40. The zero-order valence-corrected chi connectivity index (χ0v) is 10.4. The zero-order chi connectivity index (χ0) is 13.0. The maximum atomic E-state index is 12.7. The van der Waals surface area contributed by atoms with Crippen molar-refractivity contribution < 1.29 is 14.2 Å². The van der Waals surface area contributed by atoms with Crippen molar-refractivity contribution in [2.24, 2.45) is 11.7 Å². The van der Waals surface area contributed by atoms with Crippen molar-refractivity contribution in [1.82, 2.24) is 0 Å². The predicted molar refractivity (Wildman–Crippen MR) is 67.9 cm³/mol. The first-order valence-corrected chi connectivity index (χ1v) is 6.42. The Morgan fingerprint density at radius 2 is 1.89 bits per heavy atom. The highest BCUT2D eigenvalue weighted by molar-refractivity contribution is 5.22. The fraction of sp³-hybridized carbons (Fsp3) is 0.571. The van der Waals surface area contributed by atoms with Crippen LogP contribution < -0.4 is 10.5 Å². The molecule has 1 saturated carbocycles. The third-order valence-corrected chi connectivity index (χ3v) is 3.72. The third kappa shape index (κ3) is 3.43. The number of benzene rings is 1. The van der Waals surface area contributed by atoms with Crippen LogP contribution in [0.2, 0.25) is 0 Å². The highest BCUT2D eigenvalue weighted by Crippen LogP contribution is 2.31. The van der Waals surface area contributed by atoms with Crippen LogP contribution >= 0.6 is 0 Å². The molecule has 0 saturated heterocycles. The summed E-state index contributed by atoms with van der Waals surface area (Å²) in [5.74, 6) is 0.881. The Kier molecular flexibility index (Phi) is 4.19. The average molecular weight is 253 g/mol. The molecule has 1 aliphatic carbocycles. The van der Waals surface area contributed by atoms with Crippen molar-refractivity contribution in [2.45, 2.75) is 31.3 Å². The molecule has 2 rings (SSSR count). The van der Waals surface area contributed by atoms with Crippen molar-refractivity contribution in [3.05, 3.63) is 30.1 Å². The van der Waals surface area contributed by atoms with E-state index in [1.807, 2.05) is 0 Å². The van der Waals surface area contributed by atoms with Gasteiger partial charge in [-0.05, 0) is 55.9 Å². The van der Waals surface area contributed by atoms with Gasteiger partial charge in [-0.3, -0.25) is 0 Å². The number of hydrogen-bond donors (Lipinski definition) is 2. The molecule has 0 aliphatic heterocycles. The minimum Gasteiger partial charge on any atom is -0.493 e. The van der Waals surface area contributed by atoms with E-state index in [4.69, 9.17) is 10.5 Å². The summed E-state index contributed by atoms with van der Waals surface area (Å²) >= 11 is 0. The van der Waals surface area contributed by atoms with Crippen LogP contribution in [0.25, 0.3) is 0 Å². The van der Waals surface area contributed by atoms with Crippen LogP contribution in [0.5, 0.6) is 5.75 Å². The number of nitrogens with two attached hydrogens (primary N) is 1. The lowest BCUT2D eigenvalue weighted by molar-refractivity contribution is -0.00694. The van der Waals surface area contributed by atoms with Crippen molar-refractivity contribution in [3.8, 4) is 5.75 Å². The van der Waals surface area contributed by atoms with Gasteiger partial charge in [-0.1, -0.05) is 0 Å². The third-order valence-electron chi connectivity index (χ3n) is 3.72. The van der Waals surface area contributed by atoms with E-state index in [2.05, 4.69) is 0 Å². The first kappa shape index (κ1) is 13.3. The van der Waals surface area contributed by atoms with Crippen LogP contribution in [0.15, 0.2) is 24.3 Å². The van der Waals surface area contributed by atoms with Gasteiger partial charge in [0.05, 0.1) is 12.2 Å². The molecule has 4 heteroatoms. The van der Waals surface area contributed by atoms with Gasteiger partial charge in [0, 0.05) is 6.54 Å². The van der Waals surface area contributed by atoms with Gasteiger partial charge < -0.3 is 15.6 Å². The van der Waals surface area contributed by atoms with Crippen LogP contribution in [0, 0.1) is 11.7 Å². The van der Waals surface area contributed by atoms with E-state index < -0.39 is 5.60 Å². The maximum absolute atomic E-state index is 12.7. The molecular formula is C14H20FNO2. The van der Waals surface area contributed by atoms with Gasteiger partial charge in [0.1, 0.15) is 11.6 Å². The van der Waals surface area contributed by atoms with Crippen LogP contribution in [0.4, 0.5) is 4.39 Å². The minimum atomic E-state index is -0.674. The Labute approximate surface area is 107 Å². The van der Waals surface area contributed by atoms with Crippen molar-refractivity contribution >= 4 is 0 Å². The van der Waals surface area contributed by atoms with Crippen molar-refractivity contribution in [3.63, 3.8) is 0 Å². The van der Waals surface area contributed by atoms with Gasteiger partial charge in [-0.25, -0.2) is 4.39 Å². The summed E-state index contributed by atoms with van der Waals surface area (Å²) in [7, 11) is 0. The van der Waals surface area contributed by atoms with E-state index in [0.29, 0.717) is 24.8 Å². The van der Waals surface area contributed by atoms with Gasteiger partial charge in [0.15, 0.2) is 0 Å². The quantitative estimate of drug-likeness (QED) is 0.863. The fourth-order valence-corrected chi connectivity index (χ4v) is 2.33. The van der Waals surface area contributed by atoms with Gasteiger partial charge in [-0.2, -0.15) is 0 Å². The molecule has 1 aliphatic rings. The molecule has 0 bridgehead atoms. The number of ether oxygens (including phenoxy) is 1. The highest BCUT2D eigenvalue weighted by atomic mass is 19.1. The summed E-state index contributed by atoms with van der Waals surface area (Å²) in [4.78, 5) is 0. The summed E-state index contributed by atoms with van der Waals surface area (Å²) in [6.45, 7) is 0.949. The Morgan fingerprint density at radius 3 is 2.44 bits per heavy atom. The van der Waals surface area contributed by atoms with E-state index in [0.717, 1.165) is 25.7 Å². The van der Waals surface area contributed by atoms with Gasteiger partial charge in [-0.15, -0.1) is 0 Å². The topological polar surface area (TPSA) is 55.5 Å². The molecule has 1 aromatic rings. The van der Waals surface area contributed by atoms with E-state index in [1.165, 1.54) is 12.1 Å². The first-order chi connectivity index (χ1) is 8.61. The molecule has 0 radical (unpaired) electrons. The van der Waals surface area contributed by atoms with E-state index in [-0.39, 0.29) is 5.82 Å². The zero-order valence-electron chi connectivity index (χ0n) is 10.4. The lowest BCUT2D eigenvalue weighted by Gasteiger charge is -2.34. The monoisotopic (exact) mass is 253 g/mol. The summed E-state index contributed by atoms with van der Waals surface area (Å²) in [5, 5.41) is 10.0. The van der Waals surface area contributed by atoms with Gasteiger partial charge in [0.25, 0.3) is 0 Å². The maximum Gasteiger partial charge on any atom is 0.123 e. The Bertz CT molecular complexity index is 372. The van der Waals surface area contributed by atoms with Crippen LogP contribution in [0.3, 0.4) is 0 Å². The largest absolute Gasteiger partial charge is 0.493 e. The summed E-state index contributed by atoms with van der Waals surface area (Å²) in [5.41, 5.74) is 4.87. The molecule has 3 nitrogen and oxygen atoms in total. The number of hydrogen-bond acceptors (Lipinski definition) is 3. The molecule has 18 heavy (non-hydrogen) atoms. The summed E-state index contributed by atoms with van der Waals surface area (Å²) in [6.07, 6.45) is 3.33. The van der Waals surface area contributed by atoms with Gasteiger partial charge >= 0.3 is 0 Å². The molecule has 1 aromatic carbocycles. The molecule has 3 N–H and O–H groups in total. The lowest BCUT2D eigenvalue weighted by atomic mass is 9.79. The normalized spacial score (nSPS) is 28.1. The molecule has 0 spiro atoms. The minimum absolute atomic E-state index is 0.256. The van der Waals surface area contributed by atoms with Crippen LogP contribution in [-0.4, -0.2) is 23.9 Å². The lowest BCUT2D eigenvalue weighted by Crippen LogP contribution is -2.41. The summed E-state index contributed by atoms with van der Waals surface area (Å²) in [6, 6.07) is 6.05. The molecule has 1 fully saturated rings. The highest BCUT2D eigenvalue weighted by Gasteiger charge is 2.31. The van der Waals surface area contributed by atoms with E-state index >= 15 is 0 Å². The molecule has 100 valence electrons. The molecular weight excluding hydrogens is 233 g/mol. The SMILES string of the molecule is NC[C@]1(O)CC[C@H](COc2ccc(F)cc2)CC1. The van der Waals surface area contributed by atoms with E-state index in [9.17, 15) is 9.50 Å². The second kappa shape index (κ2) is 5.67. The number of halogens is 1.